The van der Waals surface area contributed by atoms with Gasteiger partial charge in [-0.3, -0.25) is 0 Å². The fraction of sp³-hybridized carbons (Fsp3) is 0.625. The minimum absolute atomic E-state index is 0.429. The molecule has 0 amide bonds. The molecule has 0 fully saturated rings. The largest absolute Gasteiger partial charge is 0.487 e. The summed E-state index contributed by atoms with van der Waals surface area (Å²) < 4.78 is 5.96. The zero-order valence-corrected chi connectivity index (χ0v) is 8.80. The summed E-state index contributed by atoms with van der Waals surface area (Å²) in [5.41, 5.74) is 0. The van der Waals surface area contributed by atoms with Crippen LogP contribution in [0.3, 0.4) is 0 Å². The van der Waals surface area contributed by atoms with Crippen molar-refractivity contribution in [3.8, 4) is 6.07 Å². The van der Waals surface area contributed by atoms with Crippen LogP contribution < -0.4 is 0 Å². The Kier molecular flexibility index (Phi) is 7.69. The molecule has 0 N–H and O–H groups in total. The molecule has 0 atom stereocenters. The normalized spacial score (nSPS) is 10.8. The van der Waals surface area contributed by atoms with Gasteiger partial charge < -0.3 is 4.74 Å². The highest BCUT2D eigenvalue weighted by molar-refractivity contribution is 14.1. The summed E-state index contributed by atoms with van der Waals surface area (Å²) in [7, 11) is 1.52. The second kappa shape index (κ2) is 7.86. The third-order valence-electron chi connectivity index (χ3n) is 1.25. The number of halogens is 1. The topological polar surface area (TPSA) is 33.0 Å². The highest BCUT2D eigenvalue weighted by Gasteiger charge is 1.90. The van der Waals surface area contributed by atoms with Crippen molar-refractivity contribution >= 4 is 22.6 Å². The van der Waals surface area contributed by atoms with Gasteiger partial charge in [-0.1, -0.05) is 22.6 Å². The number of allylic oxidation sites excluding steroid dienone is 2. The summed E-state index contributed by atoms with van der Waals surface area (Å²) >= 11 is 2.35. The molecule has 11 heavy (non-hydrogen) atoms. The van der Waals surface area contributed by atoms with Gasteiger partial charge >= 0.3 is 0 Å². The maximum Gasteiger partial charge on any atom is 0.192 e. The van der Waals surface area contributed by atoms with Crippen LogP contribution in [0.2, 0.25) is 0 Å². The van der Waals surface area contributed by atoms with Crippen LogP contribution in [0, 0.1) is 11.3 Å². The molecule has 0 saturated carbocycles. The molecule has 0 aliphatic carbocycles. The summed E-state index contributed by atoms with van der Waals surface area (Å²) in [5.74, 6) is 0.429. The standard InChI is InChI=1S/C8H12INO/c1-11-8(7-10)5-3-2-4-6-9/h5H,2-4,6H2,1H3. The minimum Gasteiger partial charge on any atom is -0.487 e. The van der Waals surface area contributed by atoms with Crippen molar-refractivity contribution in [1.29, 1.82) is 5.26 Å². The Hall–Kier alpha value is -0.240. The first-order valence-corrected chi connectivity index (χ1v) is 5.08. The van der Waals surface area contributed by atoms with Crippen LogP contribution in [0.1, 0.15) is 19.3 Å². The monoisotopic (exact) mass is 265 g/mol. The van der Waals surface area contributed by atoms with Crippen LogP contribution in [-0.2, 0) is 4.74 Å². The molecule has 0 aliphatic heterocycles. The van der Waals surface area contributed by atoms with Gasteiger partial charge in [0.1, 0.15) is 6.07 Å². The lowest BCUT2D eigenvalue weighted by Crippen LogP contribution is -1.82. The summed E-state index contributed by atoms with van der Waals surface area (Å²) in [6.07, 6.45) is 5.13. The van der Waals surface area contributed by atoms with Crippen LogP contribution in [-0.4, -0.2) is 11.5 Å². The predicted octanol–water partition coefficient (Wildman–Crippen LogP) is 2.65. The van der Waals surface area contributed by atoms with Gasteiger partial charge in [-0.25, -0.2) is 0 Å². The molecular weight excluding hydrogens is 253 g/mol. The van der Waals surface area contributed by atoms with Gasteiger partial charge in [0, 0.05) is 0 Å². The van der Waals surface area contributed by atoms with E-state index < -0.39 is 0 Å². The molecule has 0 heterocycles. The number of rotatable bonds is 5. The molecular formula is C8H12INO. The average Bonchev–Trinajstić information content (AvgIpc) is 2.05. The second-order valence-corrected chi connectivity index (χ2v) is 3.15. The zero-order chi connectivity index (χ0) is 8.53. The molecule has 62 valence electrons. The third kappa shape index (κ3) is 6.17. The lowest BCUT2D eigenvalue weighted by molar-refractivity contribution is 0.308. The van der Waals surface area contributed by atoms with Crippen molar-refractivity contribution in [3.63, 3.8) is 0 Å². The maximum absolute atomic E-state index is 8.44. The van der Waals surface area contributed by atoms with E-state index >= 15 is 0 Å². The van der Waals surface area contributed by atoms with Crippen molar-refractivity contribution in [2.24, 2.45) is 0 Å². The second-order valence-electron chi connectivity index (χ2n) is 2.07. The van der Waals surface area contributed by atoms with Gasteiger partial charge in [0.2, 0.25) is 0 Å². The Bertz CT molecular complexity index is 160. The fourth-order valence-electron chi connectivity index (χ4n) is 0.647. The van der Waals surface area contributed by atoms with Crippen LogP contribution in [0.25, 0.3) is 0 Å². The van der Waals surface area contributed by atoms with E-state index in [1.54, 1.807) is 0 Å². The van der Waals surface area contributed by atoms with E-state index in [0.717, 1.165) is 12.8 Å². The van der Waals surface area contributed by atoms with Crippen LogP contribution in [0.4, 0.5) is 0 Å². The highest BCUT2D eigenvalue weighted by Crippen LogP contribution is 2.02. The maximum atomic E-state index is 8.44. The molecule has 3 heteroatoms. The Morgan fingerprint density at radius 1 is 1.64 bits per heavy atom. The van der Waals surface area contributed by atoms with Crippen molar-refractivity contribution < 1.29 is 4.74 Å². The van der Waals surface area contributed by atoms with E-state index in [4.69, 9.17) is 10.00 Å². The molecule has 0 aromatic heterocycles. The van der Waals surface area contributed by atoms with Gasteiger partial charge in [-0.15, -0.1) is 0 Å². The van der Waals surface area contributed by atoms with E-state index in [0.29, 0.717) is 5.76 Å². The molecule has 0 aromatic carbocycles. The van der Waals surface area contributed by atoms with Gasteiger partial charge in [0.05, 0.1) is 7.11 Å². The minimum atomic E-state index is 0.429. The summed E-state index contributed by atoms with van der Waals surface area (Å²) in [6, 6.07) is 1.97. The fourth-order valence-corrected chi connectivity index (χ4v) is 1.19. The molecule has 0 radical (unpaired) electrons. The molecule has 0 bridgehead atoms. The zero-order valence-electron chi connectivity index (χ0n) is 6.64. The van der Waals surface area contributed by atoms with Gasteiger partial charge in [-0.05, 0) is 29.8 Å². The molecule has 0 unspecified atom stereocenters. The molecule has 2 nitrogen and oxygen atoms in total. The van der Waals surface area contributed by atoms with Gasteiger partial charge in [0.15, 0.2) is 5.76 Å². The Morgan fingerprint density at radius 3 is 2.82 bits per heavy atom. The average molecular weight is 265 g/mol. The molecule has 0 rings (SSSR count). The smallest absolute Gasteiger partial charge is 0.192 e. The van der Waals surface area contributed by atoms with E-state index in [1.807, 2.05) is 12.1 Å². The predicted molar refractivity (Wildman–Crippen MR) is 53.4 cm³/mol. The van der Waals surface area contributed by atoms with Crippen molar-refractivity contribution in [3.05, 3.63) is 11.8 Å². The number of hydrogen-bond donors (Lipinski definition) is 0. The molecule has 0 aliphatic rings. The SMILES string of the molecule is COC(C#N)=CCCCCI. The van der Waals surface area contributed by atoms with Crippen LogP contribution >= 0.6 is 22.6 Å². The third-order valence-corrected chi connectivity index (χ3v) is 2.01. The molecule has 0 spiro atoms. The lowest BCUT2D eigenvalue weighted by Gasteiger charge is -1.94. The van der Waals surface area contributed by atoms with E-state index in [2.05, 4.69) is 22.6 Å². The Labute approximate surface area is 81.4 Å². The summed E-state index contributed by atoms with van der Waals surface area (Å²) in [4.78, 5) is 0. The van der Waals surface area contributed by atoms with E-state index in [9.17, 15) is 0 Å². The quantitative estimate of drug-likeness (QED) is 0.252. The Morgan fingerprint density at radius 2 is 2.36 bits per heavy atom. The number of nitrogens with zero attached hydrogens (tertiary/aromatic N) is 1. The summed E-state index contributed by atoms with van der Waals surface area (Å²) in [6.45, 7) is 0. The first kappa shape index (κ1) is 10.8. The van der Waals surface area contributed by atoms with Crippen LogP contribution in [0.5, 0.6) is 0 Å². The molecule has 0 saturated heterocycles. The van der Waals surface area contributed by atoms with Gasteiger partial charge in [-0.2, -0.15) is 5.26 Å². The molecule has 0 aromatic rings. The van der Waals surface area contributed by atoms with Crippen molar-refractivity contribution in [1.82, 2.24) is 0 Å². The summed E-state index contributed by atoms with van der Waals surface area (Å²) in [5, 5.41) is 8.44. The number of nitriles is 1. The highest BCUT2D eigenvalue weighted by atomic mass is 127. The first-order valence-electron chi connectivity index (χ1n) is 3.55. The Balaban J connectivity index is 3.47. The van der Waals surface area contributed by atoms with Crippen molar-refractivity contribution in [2.45, 2.75) is 19.3 Å². The number of unbranched alkanes of at least 4 members (excludes halogenated alkanes) is 2. The number of ether oxygens (including phenoxy) is 1. The number of alkyl halides is 1. The first-order chi connectivity index (χ1) is 5.35. The van der Waals surface area contributed by atoms with Crippen LogP contribution in [0.15, 0.2) is 11.8 Å². The lowest BCUT2D eigenvalue weighted by atomic mass is 10.2. The van der Waals surface area contributed by atoms with Gasteiger partial charge in [0.25, 0.3) is 0 Å². The number of methoxy groups -OCH3 is 1. The van der Waals surface area contributed by atoms with Crippen molar-refractivity contribution in [2.75, 3.05) is 11.5 Å². The van der Waals surface area contributed by atoms with E-state index in [1.165, 1.54) is 18.0 Å². The number of hydrogen-bond acceptors (Lipinski definition) is 2. The van der Waals surface area contributed by atoms with E-state index in [-0.39, 0.29) is 0 Å².